The molecule has 2 heteroatoms. The highest BCUT2D eigenvalue weighted by Gasteiger charge is 2.61. The van der Waals surface area contributed by atoms with Gasteiger partial charge >= 0.3 is 0 Å². The average Bonchev–Trinajstić information content (AvgIpc) is 2.99. The number of methoxy groups -OCH3 is 1. The molecule has 0 aromatic heterocycles. The van der Waals surface area contributed by atoms with Crippen molar-refractivity contribution in [1.29, 1.82) is 0 Å². The summed E-state index contributed by atoms with van der Waals surface area (Å²) in [4.78, 5) is 0. The first-order chi connectivity index (χ1) is 8.42. The molecule has 1 saturated carbocycles. The van der Waals surface area contributed by atoms with Crippen LogP contribution in [0.25, 0.3) is 0 Å². The summed E-state index contributed by atoms with van der Waals surface area (Å²) in [5.41, 5.74) is 1.43. The molecule has 0 radical (unpaired) electrons. The first-order valence-corrected chi connectivity index (χ1v) is 7.29. The number of rotatable bonds is 4. The third-order valence-corrected chi connectivity index (χ3v) is 5.03. The van der Waals surface area contributed by atoms with Crippen molar-refractivity contribution in [3.63, 3.8) is 0 Å². The molecule has 0 spiro atoms. The van der Waals surface area contributed by atoms with Crippen LogP contribution < -0.4 is 0 Å². The average molecular weight is 252 g/mol. The SMILES string of the molecule is COC1(C)CCCCC1C1(C)OC1CC=C(C)C. The van der Waals surface area contributed by atoms with Crippen LogP contribution in [-0.2, 0) is 9.47 Å². The maximum Gasteiger partial charge on any atom is 0.0978 e. The minimum atomic E-state index is 0.00667. The Hall–Kier alpha value is -0.340. The minimum Gasteiger partial charge on any atom is -0.378 e. The predicted molar refractivity (Wildman–Crippen MR) is 74.7 cm³/mol. The molecule has 4 atom stereocenters. The molecular formula is C16H28O2. The molecule has 0 amide bonds. The van der Waals surface area contributed by atoms with E-state index in [1.54, 1.807) is 0 Å². The van der Waals surface area contributed by atoms with E-state index >= 15 is 0 Å². The summed E-state index contributed by atoms with van der Waals surface area (Å²) < 4.78 is 11.9. The van der Waals surface area contributed by atoms with Crippen molar-refractivity contribution >= 4 is 0 Å². The summed E-state index contributed by atoms with van der Waals surface area (Å²) in [7, 11) is 1.86. The van der Waals surface area contributed by atoms with E-state index in [1.165, 1.54) is 31.3 Å². The number of hydrogen-bond donors (Lipinski definition) is 0. The van der Waals surface area contributed by atoms with E-state index in [-0.39, 0.29) is 11.2 Å². The fourth-order valence-electron chi connectivity index (χ4n) is 3.65. The van der Waals surface area contributed by atoms with Crippen LogP contribution in [0.2, 0.25) is 0 Å². The van der Waals surface area contributed by atoms with E-state index in [0.717, 1.165) is 6.42 Å². The monoisotopic (exact) mass is 252 g/mol. The highest BCUT2D eigenvalue weighted by molar-refractivity contribution is 5.13. The van der Waals surface area contributed by atoms with Gasteiger partial charge in [0.05, 0.1) is 17.3 Å². The summed E-state index contributed by atoms with van der Waals surface area (Å²) in [6.45, 7) is 8.85. The summed E-state index contributed by atoms with van der Waals surface area (Å²) >= 11 is 0. The minimum absolute atomic E-state index is 0.00667. The molecule has 1 heterocycles. The van der Waals surface area contributed by atoms with Crippen LogP contribution in [0.15, 0.2) is 11.6 Å². The van der Waals surface area contributed by atoms with Gasteiger partial charge in [0.25, 0.3) is 0 Å². The highest BCUT2D eigenvalue weighted by Crippen LogP contribution is 2.54. The Kier molecular flexibility index (Phi) is 3.89. The van der Waals surface area contributed by atoms with Gasteiger partial charge < -0.3 is 9.47 Å². The van der Waals surface area contributed by atoms with Gasteiger partial charge in [0.2, 0.25) is 0 Å². The molecular weight excluding hydrogens is 224 g/mol. The van der Waals surface area contributed by atoms with Crippen molar-refractivity contribution in [2.75, 3.05) is 7.11 Å². The van der Waals surface area contributed by atoms with Gasteiger partial charge in [-0.3, -0.25) is 0 Å². The highest BCUT2D eigenvalue weighted by atomic mass is 16.6. The molecule has 2 rings (SSSR count). The van der Waals surface area contributed by atoms with Crippen LogP contribution in [0.3, 0.4) is 0 Å². The van der Waals surface area contributed by atoms with Crippen LogP contribution in [0.4, 0.5) is 0 Å². The van der Waals surface area contributed by atoms with Crippen LogP contribution in [0, 0.1) is 5.92 Å². The van der Waals surface area contributed by atoms with Crippen LogP contribution in [-0.4, -0.2) is 24.4 Å². The lowest BCUT2D eigenvalue weighted by atomic mass is 9.69. The molecule has 18 heavy (non-hydrogen) atoms. The molecule has 2 nitrogen and oxygen atoms in total. The van der Waals surface area contributed by atoms with E-state index in [2.05, 4.69) is 33.8 Å². The zero-order chi connectivity index (χ0) is 13.4. The van der Waals surface area contributed by atoms with Gasteiger partial charge in [0.1, 0.15) is 0 Å². The lowest BCUT2D eigenvalue weighted by molar-refractivity contribution is -0.0913. The first-order valence-electron chi connectivity index (χ1n) is 7.29. The van der Waals surface area contributed by atoms with Crippen LogP contribution >= 0.6 is 0 Å². The fraction of sp³-hybridized carbons (Fsp3) is 0.875. The van der Waals surface area contributed by atoms with Crippen LogP contribution in [0.5, 0.6) is 0 Å². The molecule has 4 unspecified atom stereocenters. The van der Waals surface area contributed by atoms with Gasteiger partial charge in [-0.1, -0.05) is 24.5 Å². The van der Waals surface area contributed by atoms with E-state index in [0.29, 0.717) is 12.0 Å². The van der Waals surface area contributed by atoms with Gasteiger partial charge in [-0.05, 0) is 47.0 Å². The lowest BCUT2D eigenvalue weighted by Gasteiger charge is -2.42. The third-order valence-electron chi connectivity index (χ3n) is 5.03. The maximum atomic E-state index is 6.07. The number of hydrogen-bond acceptors (Lipinski definition) is 2. The van der Waals surface area contributed by atoms with Crippen molar-refractivity contribution in [3.8, 4) is 0 Å². The molecule has 1 saturated heterocycles. The molecule has 1 aliphatic heterocycles. The molecule has 104 valence electrons. The standard InChI is InChI=1S/C16H28O2/c1-12(2)9-10-14-16(4,18-14)13-8-6-7-11-15(13,3)17-5/h9,13-14H,6-8,10-11H2,1-5H3. The van der Waals surface area contributed by atoms with Gasteiger partial charge in [0.15, 0.2) is 0 Å². The van der Waals surface area contributed by atoms with Crippen molar-refractivity contribution in [2.24, 2.45) is 5.92 Å². The molecule has 2 aliphatic rings. The quantitative estimate of drug-likeness (QED) is 0.555. The van der Waals surface area contributed by atoms with Crippen LogP contribution in [0.1, 0.15) is 59.8 Å². The summed E-state index contributed by atoms with van der Waals surface area (Å²) in [5, 5.41) is 0. The van der Waals surface area contributed by atoms with E-state index in [1.807, 2.05) is 7.11 Å². The fourth-order valence-corrected chi connectivity index (χ4v) is 3.65. The number of ether oxygens (including phenoxy) is 2. The second-order valence-electron chi connectivity index (χ2n) is 6.62. The molecule has 0 aromatic carbocycles. The maximum absolute atomic E-state index is 6.07. The van der Waals surface area contributed by atoms with Crippen molar-refractivity contribution in [2.45, 2.75) is 77.1 Å². The topological polar surface area (TPSA) is 21.8 Å². The molecule has 2 fully saturated rings. The molecule has 0 aromatic rings. The normalized spacial score (nSPS) is 43.6. The van der Waals surface area contributed by atoms with E-state index < -0.39 is 0 Å². The summed E-state index contributed by atoms with van der Waals surface area (Å²) in [6, 6.07) is 0. The smallest absolute Gasteiger partial charge is 0.0978 e. The Balaban J connectivity index is 2.04. The second-order valence-corrected chi connectivity index (χ2v) is 6.62. The number of allylic oxidation sites excluding steroid dienone is 1. The first kappa shape index (κ1) is 14.1. The number of epoxide rings is 1. The van der Waals surface area contributed by atoms with Gasteiger partial charge in [-0.2, -0.15) is 0 Å². The summed E-state index contributed by atoms with van der Waals surface area (Å²) in [5.74, 6) is 0.541. The third kappa shape index (κ3) is 2.50. The van der Waals surface area contributed by atoms with Crippen molar-refractivity contribution in [1.82, 2.24) is 0 Å². The zero-order valence-electron chi connectivity index (χ0n) is 12.6. The Bertz CT molecular complexity index is 332. The van der Waals surface area contributed by atoms with Gasteiger partial charge in [-0.15, -0.1) is 0 Å². The molecule has 0 bridgehead atoms. The Morgan fingerprint density at radius 1 is 1.33 bits per heavy atom. The lowest BCUT2D eigenvalue weighted by Crippen LogP contribution is -2.47. The molecule has 1 aliphatic carbocycles. The Labute approximate surface area is 112 Å². The van der Waals surface area contributed by atoms with Gasteiger partial charge in [0, 0.05) is 13.0 Å². The van der Waals surface area contributed by atoms with E-state index in [9.17, 15) is 0 Å². The second kappa shape index (κ2) is 4.97. The summed E-state index contributed by atoms with van der Waals surface area (Å²) in [6.07, 6.45) is 8.75. The molecule has 0 N–H and O–H groups in total. The van der Waals surface area contributed by atoms with Gasteiger partial charge in [-0.25, -0.2) is 0 Å². The zero-order valence-corrected chi connectivity index (χ0v) is 12.6. The van der Waals surface area contributed by atoms with E-state index in [4.69, 9.17) is 9.47 Å². The van der Waals surface area contributed by atoms with Crippen molar-refractivity contribution < 1.29 is 9.47 Å². The Morgan fingerprint density at radius 2 is 2.06 bits per heavy atom. The largest absolute Gasteiger partial charge is 0.378 e. The Morgan fingerprint density at radius 3 is 2.67 bits per heavy atom. The van der Waals surface area contributed by atoms with Crippen molar-refractivity contribution in [3.05, 3.63) is 11.6 Å². The predicted octanol–water partition coefficient (Wildman–Crippen LogP) is 4.10.